The first-order chi connectivity index (χ1) is 15.0. The number of hydrogen-bond donors (Lipinski definition) is 1. The summed E-state index contributed by atoms with van der Waals surface area (Å²) in [7, 11) is 1.60. The molecule has 9 heteroatoms. The average Bonchev–Trinajstić information content (AvgIpc) is 3.23. The number of ether oxygens (including phenoxy) is 1. The zero-order valence-electron chi connectivity index (χ0n) is 16.8. The first-order valence-electron chi connectivity index (χ1n) is 9.64. The number of halogens is 1. The van der Waals surface area contributed by atoms with Crippen molar-refractivity contribution in [1.82, 2.24) is 24.6 Å². The summed E-state index contributed by atoms with van der Waals surface area (Å²) in [6, 6.07) is 13.1. The van der Waals surface area contributed by atoms with Gasteiger partial charge in [-0.05, 0) is 42.0 Å². The molecule has 0 aliphatic heterocycles. The summed E-state index contributed by atoms with van der Waals surface area (Å²) in [6.07, 6.45) is 2.95. The fourth-order valence-corrected chi connectivity index (χ4v) is 3.13. The van der Waals surface area contributed by atoms with Crippen LogP contribution in [0.3, 0.4) is 0 Å². The Bertz CT molecular complexity index is 1260. The predicted octanol–water partition coefficient (Wildman–Crippen LogP) is 2.44. The number of benzene rings is 2. The van der Waals surface area contributed by atoms with E-state index in [0.29, 0.717) is 23.3 Å². The van der Waals surface area contributed by atoms with E-state index in [1.807, 2.05) is 24.3 Å². The van der Waals surface area contributed by atoms with Crippen LogP contribution in [0, 0.1) is 5.82 Å². The SMILES string of the molecule is COc1ccc(CNC(=O)CCn2cnc3c(cnn3-c3ccc(F)cc3)c2=O)cc1. The molecule has 0 saturated carbocycles. The van der Waals surface area contributed by atoms with E-state index in [4.69, 9.17) is 4.74 Å². The Hall–Kier alpha value is -4.01. The van der Waals surface area contributed by atoms with Crippen molar-refractivity contribution in [2.45, 2.75) is 19.5 Å². The molecule has 2 aromatic heterocycles. The third-order valence-corrected chi connectivity index (χ3v) is 4.85. The van der Waals surface area contributed by atoms with Gasteiger partial charge < -0.3 is 10.1 Å². The smallest absolute Gasteiger partial charge is 0.264 e. The summed E-state index contributed by atoms with van der Waals surface area (Å²) in [5.41, 5.74) is 1.62. The molecule has 1 N–H and O–H groups in total. The van der Waals surface area contributed by atoms with Crippen LogP contribution in [0.25, 0.3) is 16.7 Å². The molecule has 0 radical (unpaired) electrons. The molecule has 1 amide bonds. The molecule has 8 nitrogen and oxygen atoms in total. The highest BCUT2D eigenvalue weighted by Crippen LogP contribution is 2.14. The molecule has 0 aliphatic carbocycles. The molecule has 0 saturated heterocycles. The van der Waals surface area contributed by atoms with Crippen LogP contribution in [-0.2, 0) is 17.9 Å². The normalized spacial score (nSPS) is 10.9. The van der Waals surface area contributed by atoms with Crippen LogP contribution in [0.2, 0.25) is 0 Å². The molecule has 0 spiro atoms. The maximum Gasteiger partial charge on any atom is 0.264 e. The largest absolute Gasteiger partial charge is 0.497 e. The van der Waals surface area contributed by atoms with Crippen molar-refractivity contribution < 1.29 is 13.9 Å². The van der Waals surface area contributed by atoms with Gasteiger partial charge in [0.1, 0.15) is 17.0 Å². The number of amides is 1. The number of carbonyl (C=O) groups excluding carboxylic acids is 1. The number of nitrogens with one attached hydrogen (secondary N) is 1. The molecule has 0 atom stereocenters. The van der Waals surface area contributed by atoms with Gasteiger partial charge in [0, 0.05) is 19.5 Å². The molecule has 2 aromatic carbocycles. The lowest BCUT2D eigenvalue weighted by molar-refractivity contribution is -0.121. The number of nitrogens with zero attached hydrogens (tertiary/aromatic N) is 4. The van der Waals surface area contributed by atoms with Gasteiger partial charge in [-0.25, -0.2) is 14.1 Å². The summed E-state index contributed by atoms with van der Waals surface area (Å²) in [4.78, 5) is 29.2. The Morgan fingerprint density at radius 1 is 1.13 bits per heavy atom. The highest BCUT2D eigenvalue weighted by Gasteiger charge is 2.12. The Balaban J connectivity index is 1.41. The lowest BCUT2D eigenvalue weighted by Crippen LogP contribution is -2.27. The van der Waals surface area contributed by atoms with E-state index in [1.165, 1.54) is 33.9 Å². The van der Waals surface area contributed by atoms with E-state index in [0.717, 1.165) is 11.3 Å². The number of hydrogen-bond acceptors (Lipinski definition) is 5. The monoisotopic (exact) mass is 421 g/mol. The predicted molar refractivity (Wildman–Crippen MR) is 113 cm³/mol. The zero-order valence-corrected chi connectivity index (χ0v) is 16.8. The number of rotatable bonds is 7. The van der Waals surface area contributed by atoms with Crippen molar-refractivity contribution in [3.8, 4) is 11.4 Å². The van der Waals surface area contributed by atoms with E-state index in [2.05, 4.69) is 15.4 Å². The second-order valence-corrected chi connectivity index (χ2v) is 6.89. The average molecular weight is 421 g/mol. The Kier molecular flexibility index (Phi) is 5.74. The molecule has 0 fully saturated rings. The molecular weight excluding hydrogens is 401 g/mol. The molecule has 0 unspecified atom stereocenters. The quantitative estimate of drug-likeness (QED) is 0.495. The minimum absolute atomic E-state index is 0.134. The fourth-order valence-electron chi connectivity index (χ4n) is 3.13. The Morgan fingerprint density at radius 2 is 1.87 bits per heavy atom. The minimum atomic E-state index is -0.360. The van der Waals surface area contributed by atoms with Crippen LogP contribution in [0.4, 0.5) is 4.39 Å². The second-order valence-electron chi connectivity index (χ2n) is 6.89. The van der Waals surface area contributed by atoms with Gasteiger partial charge in [-0.1, -0.05) is 12.1 Å². The highest BCUT2D eigenvalue weighted by atomic mass is 19.1. The molecule has 2 heterocycles. The molecule has 4 rings (SSSR count). The first kappa shape index (κ1) is 20.3. The van der Waals surface area contributed by atoms with Crippen LogP contribution in [0.5, 0.6) is 5.75 Å². The highest BCUT2D eigenvalue weighted by molar-refractivity contribution is 5.76. The molecule has 158 valence electrons. The van der Waals surface area contributed by atoms with Crippen molar-refractivity contribution >= 4 is 16.9 Å². The van der Waals surface area contributed by atoms with E-state index < -0.39 is 0 Å². The minimum Gasteiger partial charge on any atom is -0.497 e. The van der Waals surface area contributed by atoms with Gasteiger partial charge in [-0.15, -0.1) is 0 Å². The topological polar surface area (TPSA) is 91.0 Å². The number of aryl methyl sites for hydroxylation is 1. The first-order valence-corrected chi connectivity index (χ1v) is 9.64. The van der Waals surface area contributed by atoms with Crippen LogP contribution in [-0.4, -0.2) is 32.3 Å². The van der Waals surface area contributed by atoms with E-state index in [-0.39, 0.29) is 30.2 Å². The third kappa shape index (κ3) is 4.45. The van der Waals surface area contributed by atoms with Gasteiger partial charge in [0.15, 0.2) is 5.65 Å². The van der Waals surface area contributed by atoms with Gasteiger partial charge >= 0.3 is 0 Å². The van der Waals surface area contributed by atoms with Gasteiger partial charge in [-0.3, -0.25) is 14.2 Å². The lowest BCUT2D eigenvalue weighted by atomic mass is 10.2. The van der Waals surface area contributed by atoms with Crippen molar-refractivity contribution in [3.05, 3.63) is 82.8 Å². The van der Waals surface area contributed by atoms with Crippen molar-refractivity contribution in [1.29, 1.82) is 0 Å². The molecule has 31 heavy (non-hydrogen) atoms. The van der Waals surface area contributed by atoms with E-state index in [1.54, 1.807) is 19.2 Å². The Labute approximate surface area is 176 Å². The molecule has 0 aliphatic rings. The van der Waals surface area contributed by atoms with Crippen LogP contribution >= 0.6 is 0 Å². The summed E-state index contributed by atoms with van der Waals surface area (Å²) in [5.74, 6) is 0.214. The molecule has 0 bridgehead atoms. The van der Waals surface area contributed by atoms with Gasteiger partial charge in [0.25, 0.3) is 5.56 Å². The van der Waals surface area contributed by atoms with Crippen LogP contribution in [0.1, 0.15) is 12.0 Å². The molecule has 4 aromatic rings. The van der Waals surface area contributed by atoms with Crippen molar-refractivity contribution in [3.63, 3.8) is 0 Å². The maximum atomic E-state index is 13.2. The van der Waals surface area contributed by atoms with E-state index in [9.17, 15) is 14.0 Å². The zero-order chi connectivity index (χ0) is 21.8. The lowest BCUT2D eigenvalue weighted by Gasteiger charge is -2.08. The standard InChI is InChI=1S/C22H20FN5O3/c1-31-18-8-2-15(3-9-18)12-24-20(29)10-11-27-14-25-21-19(22(27)30)13-26-28(21)17-6-4-16(23)5-7-17/h2-9,13-14H,10-12H2,1H3,(H,24,29). The number of fused-ring (bicyclic) bond motifs is 1. The van der Waals surface area contributed by atoms with Gasteiger partial charge in [-0.2, -0.15) is 5.10 Å². The third-order valence-electron chi connectivity index (χ3n) is 4.85. The van der Waals surface area contributed by atoms with Crippen LogP contribution in [0.15, 0.2) is 65.8 Å². The van der Waals surface area contributed by atoms with Crippen molar-refractivity contribution in [2.24, 2.45) is 0 Å². The van der Waals surface area contributed by atoms with Crippen LogP contribution < -0.4 is 15.6 Å². The number of aromatic nitrogens is 4. The van der Waals surface area contributed by atoms with Gasteiger partial charge in [0.05, 0.1) is 25.3 Å². The molecular formula is C22H20FN5O3. The summed E-state index contributed by atoms with van der Waals surface area (Å²) in [6.45, 7) is 0.581. The summed E-state index contributed by atoms with van der Waals surface area (Å²) >= 11 is 0. The number of methoxy groups -OCH3 is 1. The number of carbonyl (C=O) groups is 1. The van der Waals surface area contributed by atoms with E-state index >= 15 is 0 Å². The van der Waals surface area contributed by atoms with Crippen molar-refractivity contribution in [2.75, 3.05) is 7.11 Å². The summed E-state index contributed by atoms with van der Waals surface area (Å²) in [5, 5.41) is 7.35. The van der Waals surface area contributed by atoms with Gasteiger partial charge in [0.2, 0.25) is 5.91 Å². The summed E-state index contributed by atoms with van der Waals surface area (Å²) < 4.78 is 21.1. The second kappa shape index (κ2) is 8.78. The maximum absolute atomic E-state index is 13.2. The fraction of sp³-hybridized carbons (Fsp3) is 0.182. The Morgan fingerprint density at radius 3 is 2.58 bits per heavy atom.